The fourth-order valence-corrected chi connectivity index (χ4v) is 10.5. The number of hydrogen-bond acceptors (Lipinski definition) is 3. The Hall–Kier alpha value is -5.94. The largest absolute Gasteiger partial charge is 0.307 e. The third-order valence-corrected chi connectivity index (χ3v) is 12.6. The first-order chi connectivity index (χ1) is 24.8. The van der Waals surface area contributed by atoms with Crippen molar-refractivity contribution in [2.24, 2.45) is 0 Å². The minimum atomic E-state index is 1.15. The molecule has 4 heteroatoms. The third kappa shape index (κ3) is 3.95. The van der Waals surface area contributed by atoms with Crippen LogP contribution in [0.1, 0.15) is 0 Å². The summed E-state index contributed by atoms with van der Waals surface area (Å²) in [6, 6.07) is 62.4. The van der Waals surface area contributed by atoms with E-state index in [1.807, 2.05) is 22.7 Å². The van der Waals surface area contributed by atoms with Gasteiger partial charge in [0.25, 0.3) is 0 Å². The number of para-hydroxylation sites is 3. The highest BCUT2D eigenvalue weighted by Crippen LogP contribution is 2.50. The van der Waals surface area contributed by atoms with E-state index in [-0.39, 0.29) is 0 Å². The molecule has 0 unspecified atom stereocenters. The summed E-state index contributed by atoms with van der Waals surface area (Å²) in [7, 11) is 0. The van der Waals surface area contributed by atoms with Crippen molar-refractivity contribution in [2.45, 2.75) is 0 Å². The lowest BCUT2D eigenvalue weighted by Gasteiger charge is -2.29. The quantitative estimate of drug-likeness (QED) is 0.181. The molecule has 0 atom stereocenters. The number of fused-ring (bicyclic) bond motifs is 11. The van der Waals surface area contributed by atoms with E-state index in [9.17, 15) is 0 Å². The standard InChI is InChI=1S/C46H28N2S2/c1-2-13-29(14-3-1)47-38-21-7-4-15-30(38)34-18-10-23-40(44(34)47)48(41-24-12-20-36-32-16-5-9-26-43(32)50-46(36)41)39-22-11-19-35-31(39)27-28-37-33-17-6-8-25-42(33)49-45(35)37/h1-28H. The number of anilines is 3. The molecule has 0 saturated carbocycles. The van der Waals surface area contributed by atoms with Gasteiger partial charge in [0.15, 0.2) is 0 Å². The fraction of sp³-hybridized carbons (Fsp3) is 0. The van der Waals surface area contributed by atoms with Crippen LogP contribution in [0.15, 0.2) is 170 Å². The molecule has 0 N–H and O–H groups in total. The van der Waals surface area contributed by atoms with Crippen molar-refractivity contribution in [3.8, 4) is 5.69 Å². The molecular formula is C46H28N2S2. The van der Waals surface area contributed by atoms with Gasteiger partial charge in [0.2, 0.25) is 0 Å². The normalized spacial score (nSPS) is 12.0. The van der Waals surface area contributed by atoms with Gasteiger partial charge >= 0.3 is 0 Å². The summed E-state index contributed by atoms with van der Waals surface area (Å²) in [4.78, 5) is 2.54. The number of benzene rings is 8. The topological polar surface area (TPSA) is 8.17 Å². The summed E-state index contributed by atoms with van der Waals surface area (Å²) < 4.78 is 7.70. The summed E-state index contributed by atoms with van der Waals surface area (Å²) in [6.07, 6.45) is 0. The maximum atomic E-state index is 2.54. The molecule has 0 fully saturated rings. The Morgan fingerprint density at radius 3 is 1.62 bits per heavy atom. The second kappa shape index (κ2) is 10.8. The second-order valence-corrected chi connectivity index (χ2v) is 15.0. The highest BCUT2D eigenvalue weighted by Gasteiger charge is 2.25. The van der Waals surface area contributed by atoms with Gasteiger partial charge in [-0.2, -0.15) is 0 Å². The molecular weight excluding hydrogens is 645 g/mol. The molecule has 3 heterocycles. The number of thiophene rings is 2. The first-order valence-corrected chi connectivity index (χ1v) is 18.6. The zero-order chi connectivity index (χ0) is 32.8. The Morgan fingerprint density at radius 2 is 0.860 bits per heavy atom. The molecule has 8 aromatic carbocycles. The van der Waals surface area contributed by atoms with E-state index >= 15 is 0 Å². The second-order valence-electron chi connectivity index (χ2n) is 12.9. The Bertz CT molecular complexity index is 3110. The van der Waals surface area contributed by atoms with E-state index < -0.39 is 0 Å². The monoisotopic (exact) mass is 672 g/mol. The van der Waals surface area contributed by atoms with Crippen molar-refractivity contribution in [2.75, 3.05) is 4.90 Å². The summed E-state index contributed by atoms with van der Waals surface area (Å²) in [5, 5.41) is 10.2. The zero-order valence-corrected chi connectivity index (χ0v) is 28.5. The van der Waals surface area contributed by atoms with Crippen molar-refractivity contribution in [1.29, 1.82) is 0 Å². The average molecular weight is 673 g/mol. The Labute approximate surface area is 296 Å². The maximum absolute atomic E-state index is 2.54. The van der Waals surface area contributed by atoms with E-state index in [4.69, 9.17) is 0 Å². The van der Waals surface area contributed by atoms with E-state index in [0.717, 1.165) is 11.4 Å². The van der Waals surface area contributed by atoms with Gasteiger partial charge in [-0.25, -0.2) is 0 Å². The van der Waals surface area contributed by atoms with Gasteiger partial charge < -0.3 is 9.47 Å². The SMILES string of the molecule is c1ccc(-n2c3ccccc3c3cccc(N(c4cccc5c4ccc4c6ccccc6sc54)c4cccc5c4sc4ccccc45)c32)cc1. The van der Waals surface area contributed by atoms with Gasteiger partial charge in [-0.15, -0.1) is 22.7 Å². The van der Waals surface area contributed by atoms with Crippen LogP contribution in [-0.4, -0.2) is 4.57 Å². The number of aromatic nitrogens is 1. The molecule has 234 valence electrons. The molecule has 0 bridgehead atoms. The Kier molecular flexibility index (Phi) is 6.03. The molecule has 0 aliphatic carbocycles. The molecule has 11 aromatic rings. The molecule has 3 aromatic heterocycles. The van der Waals surface area contributed by atoms with Gasteiger partial charge in [0, 0.05) is 62.9 Å². The predicted molar refractivity (Wildman–Crippen MR) is 219 cm³/mol. The van der Waals surface area contributed by atoms with Crippen molar-refractivity contribution >= 4 is 113 Å². The van der Waals surface area contributed by atoms with Crippen LogP contribution in [0.4, 0.5) is 17.1 Å². The van der Waals surface area contributed by atoms with Crippen LogP contribution in [0.25, 0.3) is 78.6 Å². The van der Waals surface area contributed by atoms with Gasteiger partial charge in [-0.05, 0) is 48.5 Å². The van der Waals surface area contributed by atoms with Crippen LogP contribution in [0.3, 0.4) is 0 Å². The molecule has 0 spiro atoms. The van der Waals surface area contributed by atoms with Crippen molar-refractivity contribution in [1.82, 2.24) is 4.57 Å². The van der Waals surface area contributed by atoms with Crippen LogP contribution < -0.4 is 4.90 Å². The van der Waals surface area contributed by atoms with Crippen molar-refractivity contribution in [3.63, 3.8) is 0 Å². The highest BCUT2D eigenvalue weighted by molar-refractivity contribution is 7.27. The molecule has 11 rings (SSSR count). The molecule has 50 heavy (non-hydrogen) atoms. The van der Waals surface area contributed by atoms with E-state index in [2.05, 4.69) is 179 Å². The van der Waals surface area contributed by atoms with Crippen LogP contribution in [0.2, 0.25) is 0 Å². The highest BCUT2D eigenvalue weighted by atomic mass is 32.1. The lowest BCUT2D eigenvalue weighted by Crippen LogP contribution is -2.12. The molecule has 0 radical (unpaired) electrons. The molecule has 2 nitrogen and oxygen atoms in total. The first-order valence-electron chi connectivity index (χ1n) is 16.9. The van der Waals surface area contributed by atoms with Gasteiger partial charge in [-0.1, -0.05) is 121 Å². The van der Waals surface area contributed by atoms with E-state index in [1.165, 1.54) is 84.3 Å². The Balaban J connectivity index is 1.30. The third-order valence-electron chi connectivity index (χ3n) is 10.2. The lowest BCUT2D eigenvalue weighted by molar-refractivity contribution is 1.17. The van der Waals surface area contributed by atoms with Gasteiger partial charge in [0.05, 0.1) is 32.8 Å². The number of nitrogens with zero attached hydrogens (tertiary/aromatic N) is 2. The van der Waals surface area contributed by atoms with Gasteiger partial charge in [-0.3, -0.25) is 0 Å². The molecule has 0 saturated heterocycles. The van der Waals surface area contributed by atoms with Crippen LogP contribution in [0, 0.1) is 0 Å². The minimum Gasteiger partial charge on any atom is -0.307 e. The number of hydrogen-bond donors (Lipinski definition) is 0. The molecule has 0 aliphatic heterocycles. The maximum Gasteiger partial charge on any atom is 0.0782 e. The minimum absolute atomic E-state index is 1.15. The Morgan fingerprint density at radius 1 is 0.340 bits per heavy atom. The number of rotatable bonds is 4. The van der Waals surface area contributed by atoms with Crippen LogP contribution in [-0.2, 0) is 0 Å². The first kappa shape index (κ1) is 28.0. The lowest BCUT2D eigenvalue weighted by atomic mass is 10.0. The summed E-state index contributed by atoms with van der Waals surface area (Å²) >= 11 is 3.77. The average Bonchev–Trinajstić information content (AvgIpc) is 3.86. The smallest absolute Gasteiger partial charge is 0.0782 e. The fourth-order valence-electron chi connectivity index (χ4n) is 8.04. The summed E-state index contributed by atoms with van der Waals surface area (Å²) in [5.41, 5.74) is 7.05. The van der Waals surface area contributed by atoms with Crippen molar-refractivity contribution in [3.05, 3.63) is 170 Å². The zero-order valence-electron chi connectivity index (χ0n) is 26.9. The molecule has 0 amide bonds. The summed E-state index contributed by atoms with van der Waals surface area (Å²) in [5.74, 6) is 0. The predicted octanol–water partition coefficient (Wildman–Crippen LogP) is 14.1. The van der Waals surface area contributed by atoms with Crippen LogP contribution >= 0.6 is 22.7 Å². The van der Waals surface area contributed by atoms with E-state index in [1.54, 1.807) is 0 Å². The summed E-state index contributed by atoms with van der Waals surface area (Å²) in [6.45, 7) is 0. The molecule has 0 aliphatic rings. The van der Waals surface area contributed by atoms with Crippen LogP contribution in [0.5, 0.6) is 0 Å². The van der Waals surface area contributed by atoms with Gasteiger partial charge in [0.1, 0.15) is 0 Å². The van der Waals surface area contributed by atoms with Crippen molar-refractivity contribution < 1.29 is 0 Å². The van der Waals surface area contributed by atoms with E-state index in [0.29, 0.717) is 0 Å².